The molecule has 0 aliphatic rings. The number of amides is 1. The van der Waals surface area contributed by atoms with Crippen LogP contribution in [0.15, 0.2) is 55.5 Å². The number of hydrogen-bond donors (Lipinski definition) is 2. The summed E-state index contributed by atoms with van der Waals surface area (Å²) in [5, 5.41) is 1.00. The van der Waals surface area contributed by atoms with Crippen LogP contribution >= 0.6 is 0 Å². The van der Waals surface area contributed by atoms with Gasteiger partial charge in [0.05, 0.1) is 22.7 Å². The molecule has 1 amide bonds. The molecule has 0 aliphatic heterocycles. The fourth-order valence-corrected chi connectivity index (χ4v) is 3.06. The van der Waals surface area contributed by atoms with E-state index < -0.39 is 47.3 Å². The van der Waals surface area contributed by atoms with Crippen LogP contribution in [-0.4, -0.2) is 15.9 Å². The number of aromatic nitrogens is 1. The van der Waals surface area contributed by atoms with E-state index in [2.05, 4.69) is 17.0 Å². The van der Waals surface area contributed by atoms with E-state index in [0.717, 1.165) is 23.6 Å². The lowest BCUT2D eigenvalue weighted by atomic mass is 9.93. The molecule has 1 atom stereocenters. The number of nitrogens with one attached hydrogen (secondary N) is 1. The molecule has 34 heavy (non-hydrogen) atoms. The highest BCUT2D eigenvalue weighted by Crippen LogP contribution is 2.38. The van der Waals surface area contributed by atoms with E-state index in [1.807, 2.05) is 0 Å². The molecule has 0 saturated heterocycles. The highest BCUT2D eigenvalue weighted by atomic mass is 19.4. The van der Waals surface area contributed by atoms with Gasteiger partial charge in [0, 0.05) is 24.2 Å². The standard InChI is InChI=1S/C22H21F7N4O/c1-4-33(11-17(20(30)34)16-6-5-7-31-19(16)23)32-18(12(2)3)13-8-14(21(24,25)26)10-15(9-13)22(27,28)29/h4-12,18,32H,1H2,2-3H3,(H2,30,34)/b17-11-. The highest BCUT2D eigenvalue weighted by Gasteiger charge is 2.38. The first-order valence-corrected chi connectivity index (χ1v) is 9.74. The Morgan fingerprint density at radius 2 is 1.68 bits per heavy atom. The lowest BCUT2D eigenvalue weighted by molar-refractivity contribution is -0.143. The van der Waals surface area contributed by atoms with E-state index in [9.17, 15) is 35.5 Å². The van der Waals surface area contributed by atoms with Crippen LogP contribution in [-0.2, 0) is 17.1 Å². The van der Waals surface area contributed by atoms with Gasteiger partial charge in [-0.1, -0.05) is 20.4 Å². The van der Waals surface area contributed by atoms with Crippen LogP contribution in [0.3, 0.4) is 0 Å². The Labute approximate surface area is 190 Å². The van der Waals surface area contributed by atoms with E-state index in [-0.39, 0.29) is 22.8 Å². The Bertz CT molecular complexity index is 1050. The summed E-state index contributed by atoms with van der Waals surface area (Å²) in [7, 11) is 0. The van der Waals surface area contributed by atoms with Crippen molar-refractivity contribution >= 4 is 11.5 Å². The van der Waals surface area contributed by atoms with E-state index in [1.54, 1.807) is 13.8 Å². The van der Waals surface area contributed by atoms with Crippen molar-refractivity contribution in [3.8, 4) is 0 Å². The van der Waals surface area contributed by atoms with Gasteiger partial charge in [-0.3, -0.25) is 9.80 Å². The molecule has 0 radical (unpaired) electrons. The van der Waals surface area contributed by atoms with Gasteiger partial charge >= 0.3 is 12.4 Å². The van der Waals surface area contributed by atoms with Crippen molar-refractivity contribution in [3.05, 3.63) is 83.7 Å². The van der Waals surface area contributed by atoms with E-state index in [4.69, 9.17) is 5.73 Å². The first kappa shape index (κ1) is 26.8. The monoisotopic (exact) mass is 490 g/mol. The predicted octanol–water partition coefficient (Wildman–Crippen LogP) is 5.43. The number of nitrogens with two attached hydrogens (primary N) is 1. The molecule has 1 unspecified atom stereocenters. The Hall–Kier alpha value is -3.41. The van der Waals surface area contributed by atoms with Crippen molar-refractivity contribution < 1.29 is 35.5 Å². The molecule has 1 heterocycles. The number of carbonyl (C=O) groups excluding carboxylic acids is 1. The zero-order valence-electron chi connectivity index (χ0n) is 18.0. The number of nitrogens with zero attached hydrogens (tertiary/aromatic N) is 2. The molecule has 2 rings (SSSR count). The zero-order valence-corrected chi connectivity index (χ0v) is 18.0. The summed E-state index contributed by atoms with van der Waals surface area (Å²) in [6.45, 7) is 6.63. The minimum absolute atomic E-state index is 0.0302. The van der Waals surface area contributed by atoms with Crippen molar-refractivity contribution in [2.24, 2.45) is 11.7 Å². The van der Waals surface area contributed by atoms with Gasteiger partial charge in [-0.25, -0.2) is 10.4 Å². The molecule has 0 aliphatic carbocycles. The number of pyridine rings is 1. The molecular formula is C22H21F7N4O. The van der Waals surface area contributed by atoms with Crippen molar-refractivity contribution in [3.63, 3.8) is 0 Å². The smallest absolute Gasteiger partial charge is 0.366 e. The number of benzene rings is 1. The molecule has 3 N–H and O–H groups in total. The zero-order chi connectivity index (χ0) is 25.8. The predicted molar refractivity (Wildman–Crippen MR) is 111 cm³/mol. The molecule has 12 heteroatoms. The van der Waals surface area contributed by atoms with Crippen molar-refractivity contribution in [2.75, 3.05) is 0 Å². The molecule has 5 nitrogen and oxygen atoms in total. The minimum atomic E-state index is -5.02. The summed E-state index contributed by atoms with van der Waals surface area (Å²) in [6, 6.07) is 2.70. The summed E-state index contributed by atoms with van der Waals surface area (Å²) >= 11 is 0. The number of alkyl halides is 6. The van der Waals surface area contributed by atoms with Gasteiger partial charge in [0.2, 0.25) is 5.95 Å². The second-order valence-electron chi connectivity index (χ2n) is 7.53. The molecule has 1 aromatic carbocycles. The summed E-state index contributed by atoms with van der Waals surface area (Å²) in [6.07, 6.45) is -6.80. The van der Waals surface area contributed by atoms with Crippen molar-refractivity contribution in [2.45, 2.75) is 32.2 Å². The minimum Gasteiger partial charge on any atom is -0.366 e. The fraction of sp³-hybridized carbons (Fsp3) is 0.273. The third-order valence-electron chi connectivity index (χ3n) is 4.70. The van der Waals surface area contributed by atoms with Gasteiger partial charge in [0.1, 0.15) is 0 Å². The first-order chi connectivity index (χ1) is 15.6. The third-order valence-corrected chi connectivity index (χ3v) is 4.70. The molecule has 184 valence electrons. The normalized spacial score (nSPS) is 13.6. The summed E-state index contributed by atoms with van der Waals surface area (Å²) in [4.78, 5) is 15.3. The van der Waals surface area contributed by atoms with Gasteiger partial charge in [-0.05, 0) is 41.8 Å². The Morgan fingerprint density at radius 1 is 1.12 bits per heavy atom. The van der Waals surface area contributed by atoms with Crippen LogP contribution in [0.4, 0.5) is 30.7 Å². The number of hydrazine groups is 1. The SMILES string of the molecule is C=CN(/C=C(\C(N)=O)c1cccnc1F)NC(c1cc(C(F)(F)F)cc(C(F)(F)F)c1)C(C)C. The average Bonchev–Trinajstić information content (AvgIpc) is 2.72. The average molecular weight is 490 g/mol. The number of carbonyl (C=O) groups is 1. The van der Waals surface area contributed by atoms with Gasteiger partial charge in [0.15, 0.2) is 0 Å². The lowest BCUT2D eigenvalue weighted by Crippen LogP contribution is -2.36. The van der Waals surface area contributed by atoms with Crippen molar-refractivity contribution in [1.29, 1.82) is 0 Å². The molecular weight excluding hydrogens is 469 g/mol. The molecule has 0 fully saturated rings. The Kier molecular flexibility index (Phi) is 8.09. The third kappa shape index (κ3) is 6.56. The van der Waals surface area contributed by atoms with E-state index in [1.165, 1.54) is 12.1 Å². The van der Waals surface area contributed by atoms with Crippen molar-refractivity contribution in [1.82, 2.24) is 15.4 Å². The topological polar surface area (TPSA) is 71.2 Å². The molecule has 0 spiro atoms. The van der Waals surface area contributed by atoms with Gasteiger partial charge in [-0.2, -0.15) is 30.7 Å². The maximum atomic E-state index is 14.1. The largest absolute Gasteiger partial charge is 0.416 e. The van der Waals surface area contributed by atoms with Crippen LogP contribution in [0, 0.1) is 11.9 Å². The number of hydrogen-bond acceptors (Lipinski definition) is 4. The number of primary amides is 1. The van der Waals surface area contributed by atoms with Crippen LogP contribution in [0.2, 0.25) is 0 Å². The van der Waals surface area contributed by atoms with Crippen LogP contribution in [0.25, 0.3) is 5.57 Å². The van der Waals surface area contributed by atoms with Gasteiger partial charge in [0.25, 0.3) is 5.91 Å². The highest BCUT2D eigenvalue weighted by molar-refractivity contribution is 6.18. The Morgan fingerprint density at radius 3 is 2.09 bits per heavy atom. The molecule has 0 saturated carbocycles. The first-order valence-electron chi connectivity index (χ1n) is 9.74. The molecule has 2 aromatic rings. The molecule has 0 bridgehead atoms. The van der Waals surface area contributed by atoms with Crippen LogP contribution < -0.4 is 11.2 Å². The van der Waals surface area contributed by atoms with Gasteiger partial charge in [-0.15, -0.1) is 0 Å². The Balaban J connectivity index is 2.57. The summed E-state index contributed by atoms with van der Waals surface area (Å²) in [5.74, 6) is -2.60. The maximum Gasteiger partial charge on any atom is 0.416 e. The second kappa shape index (κ2) is 10.2. The lowest BCUT2D eigenvalue weighted by Gasteiger charge is -2.30. The van der Waals surface area contributed by atoms with Crippen LogP contribution in [0.5, 0.6) is 0 Å². The summed E-state index contributed by atoms with van der Waals surface area (Å²) in [5.41, 5.74) is 4.16. The summed E-state index contributed by atoms with van der Waals surface area (Å²) < 4.78 is 93.9. The molecule has 1 aromatic heterocycles. The quantitative estimate of drug-likeness (QED) is 0.224. The van der Waals surface area contributed by atoms with E-state index >= 15 is 0 Å². The number of halogens is 7. The number of rotatable bonds is 8. The maximum absolute atomic E-state index is 14.1. The van der Waals surface area contributed by atoms with Crippen LogP contribution in [0.1, 0.15) is 42.1 Å². The van der Waals surface area contributed by atoms with E-state index in [0.29, 0.717) is 12.1 Å². The van der Waals surface area contributed by atoms with Gasteiger partial charge < -0.3 is 5.73 Å². The fourth-order valence-electron chi connectivity index (χ4n) is 3.06. The second-order valence-corrected chi connectivity index (χ2v) is 7.53.